The van der Waals surface area contributed by atoms with Crippen LogP contribution < -0.4 is 0 Å². The minimum atomic E-state index is -0.836. The third-order valence-electron chi connectivity index (χ3n) is 2.87. The molecule has 0 saturated carbocycles. The van der Waals surface area contributed by atoms with Crippen LogP contribution in [0.3, 0.4) is 0 Å². The molecule has 1 N–H and O–H groups in total. The lowest BCUT2D eigenvalue weighted by Crippen LogP contribution is -2.21. The topological polar surface area (TPSA) is 63.6 Å². The molecule has 1 aromatic carbocycles. The fraction of sp³-hybridized carbons (Fsp3) is 0.500. The molecule has 1 rings (SSSR count). The maximum atomic E-state index is 11.8. The standard InChI is InChI=1S/C16H22O4S/c1-11(17)21-10-14(18)9-20-15(19)12-5-7-13(8-6-12)16(2,3)4/h5-8,14,18H,9-10H2,1-4H3. The lowest BCUT2D eigenvalue weighted by molar-refractivity contribution is -0.109. The molecule has 0 saturated heterocycles. The van der Waals surface area contributed by atoms with Gasteiger partial charge in [-0.1, -0.05) is 44.7 Å². The summed E-state index contributed by atoms with van der Waals surface area (Å²) in [6.45, 7) is 7.62. The van der Waals surface area contributed by atoms with E-state index in [1.807, 2.05) is 12.1 Å². The van der Waals surface area contributed by atoms with Gasteiger partial charge < -0.3 is 9.84 Å². The van der Waals surface area contributed by atoms with Crippen LogP contribution in [0.25, 0.3) is 0 Å². The van der Waals surface area contributed by atoms with Gasteiger partial charge in [0.15, 0.2) is 5.12 Å². The zero-order valence-electron chi connectivity index (χ0n) is 12.9. The van der Waals surface area contributed by atoms with Gasteiger partial charge in [0.05, 0.1) is 11.7 Å². The van der Waals surface area contributed by atoms with E-state index >= 15 is 0 Å². The minimum Gasteiger partial charge on any atom is -0.459 e. The molecule has 21 heavy (non-hydrogen) atoms. The maximum absolute atomic E-state index is 11.8. The normalized spacial score (nSPS) is 12.8. The Bertz CT molecular complexity index is 488. The van der Waals surface area contributed by atoms with E-state index in [-0.39, 0.29) is 22.9 Å². The second-order valence-corrected chi connectivity index (χ2v) is 7.08. The van der Waals surface area contributed by atoms with Gasteiger partial charge in [-0.2, -0.15) is 0 Å². The summed E-state index contributed by atoms with van der Waals surface area (Å²) < 4.78 is 5.03. The second kappa shape index (κ2) is 7.61. The van der Waals surface area contributed by atoms with Crippen molar-refractivity contribution in [1.82, 2.24) is 0 Å². The van der Waals surface area contributed by atoms with Crippen molar-refractivity contribution in [2.45, 2.75) is 39.2 Å². The van der Waals surface area contributed by atoms with E-state index in [1.54, 1.807) is 12.1 Å². The van der Waals surface area contributed by atoms with Crippen molar-refractivity contribution in [3.8, 4) is 0 Å². The fourth-order valence-electron chi connectivity index (χ4n) is 1.62. The molecular formula is C16H22O4S. The van der Waals surface area contributed by atoms with Gasteiger partial charge in [0, 0.05) is 12.7 Å². The number of benzene rings is 1. The van der Waals surface area contributed by atoms with Crippen molar-refractivity contribution >= 4 is 22.8 Å². The van der Waals surface area contributed by atoms with E-state index in [2.05, 4.69) is 20.8 Å². The minimum absolute atomic E-state index is 0.0303. The van der Waals surface area contributed by atoms with Crippen LogP contribution >= 0.6 is 11.8 Å². The van der Waals surface area contributed by atoms with Gasteiger partial charge in [-0.05, 0) is 23.1 Å². The van der Waals surface area contributed by atoms with Crippen molar-refractivity contribution in [2.24, 2.45) is 0 Å². The SMILES string of the molecule is CC(=O)SCC(O)COC(=O)c1ccc(C(C)(C)C)cc1. The van der Waals surface area contributed by atoms with Gasteiger partial charge in [-0.3, -0.25) is 4.79 Å². The number of carbonyl (C=O) groups is 2. The van der Waals surface area contributed by atoms with Crippen molar-refractivity contribution in [3.63, 3.8) is 0 Å². The van der Waals surface area contributed by atoms with Gasteiger partial charge >= 0.3 is 5.97 Å². The molecule has 0 bridgehead atoms. The molecule has 1 unspecified atom stereocenters. The highest BCUT2D eigenvalue weighted by Gasteiger charge is 2.15. The molecule has 116 valence electrons. The summed E-state index contributed by atoms with van der Waals surface area (Å²) in [6, 6.07) is 7.25. The predicted molar refractivity (Wildman–Crippen MR) is 84.6 cm³/mol. The summed E-state index contributed by atoms with van der Waals surface area (Å²) in [5.41, 5.74) is 1.62. The lowest BCUT2D eigenvalue weighted by atomic mass is 9.87. The Labute approximate surface area is 129 Å². The van der Waals surface area contributed by atoms with Crippen molar-refractivity contribution < 1.29 is 19.4 Å². The molecule has 1 atom stereocenters. The van der Waals surface area contributed by atoms with E-state index < -0.39 is 12.1 Å². The van der Waals surface area contributed by atoms with Crippen LogP contribution in [-0.4, -0.2) is 34.7 Å². The molecule has 0 aliphatic heterocycles. The fourth-order valence-corrected chi connectivity index (χ4v) is 2.15. The monoisotopic (exact) mass is 310 g/mol. The number of ether oxygens (including phenoxy) is 1. The van der Waals surface area contributed by atoms with Crippen LogP contribution in [0, 0.1) is 0 Å². The zero-order chi connectivity index (χ0) is 16.0. The Balaban J connectivity index is 2.51. The number of hydrogen-bond acceptors (Lipinski definition) is 5. The number of thioether (sulfide) groups is 1. The molecule has 0 amide bonds. The quantitative estimate of drug-likeness (QED) is 0.847. The predicted octanol–water partition coefficient (Wildman–Crippen LogP) is 2.78. The Morgan fingerprint density at radius 2 is 1.81 bits per heavy atom. The summed E-state index contributed by atoms with van der Waals surface area (Å²) in [5, 5.41) is 9.52. The van der Waals surface area contributed by atoms with Crippen molar-refractivity contribution in [3.05, 3.63) is 35.4 Å². The molecule has 0 radical (unpaired) electrons. The number of hydrogen-bond donors (Lipinski definition) is 1. The molecule has 0 aliphatic rings. The molecule has 0 fully saturated rings. The van der Waals surface area contributed by atoms with Crippen LogP contribution in [0.15, 0.2) is 24.3 Å². The van der Waals surface area contributed by atoms with E-state index in [0.29, 0.717) is 5.56 Å². The average Bonchev–Trinajstić information content (AvgIpc) is 2.41. The van der Waals surface area contributed by atoms with Gasteiger partial charge in [0.25, 0.3) is 0 Å². The summed E-state index contributed by atoms with van der Waals surface area (Å²) >= 11 is 1.01. The first-order chi connectivity index (χ1) is 9.70. The largest absolute Gasteiger partial charge is 0.459 e. The summed E-state index contributed by atoms with van der Waals surface area (Å²) in [7, 11) is 0. The highest BCUT2D eigenvalue weighted by molar-refractivity contribution is 8.13. The number of carbonyl (C=O) groups excluding carboxylic acids is 2. The van der Waals surface area contributed by atoms with Crippen molar-refractivity contribution in [1.29, 1.82) is 0 Å². The Hall–Kier alpha value is -1.33. The molecule has 0 aliphatic carbocycles. The third kappa shape index (κ3) is 6.31. The number of aliphatic hydroxyl groups excluding tert-OH is 1. The number of aliphatic hydroxyl groups is 1. The van der Waals surface area contributed by atoms with Crippen LogP contribution in [0.5, 0.6) is 0 Å². The summed E-state index contributed by atoms with van der Waals surface area (Å²) in [4.78, 5) is 22.6. The van der Waals surface area contributed by atoms with Crippen LogP contribution in [-0.2, 0) is 14.9 Å². The third-order valence-corrected chi connectivity index (χ3v) is 3.83. The first-order valence-electron chi connectivity index (χ1n) is 6.79. The van der Waals surface area contributed by atoms with Gasteiger partial charge in [0.2, 0.25) is 0 Å². The second-order valence-electron chi connectivity index (χ2n) is 5.88. The smallest absolute Gasteiger partial charge is 0.338 e. The first kappa shape index (κ1) is 17.7. The molecule has 0 aromatic heterocycles. The highest BCUT2D eigenvalue weighted by atomic mass is 32.2. The molecule has 1 aromatic rings. The van der Waals surface area contributed by atoms with Crippen molar-refractivity contribution in [2.75, 3.05) is 12.4 Å². The zero-order valence-corrected chi connectivity index (χ0v) is 13.7. The first-order valence-corrected chi connectivity index (χ1v) is 7.78. The van der Waals surface area contributed by atoms with Gasteiger partial charge in [-0.25, -0.2) is 4.79 Å². The summed E-state index contributed by atoms with van der Waals surface area (Å²) in [5.74, 6) is -0.242. The molecule has 0 heterocycles. The van der Waals surface area contributed by atoms with E-state index in [1.165, 1.54) is 6.92 Å². The summed E-state index contributed by atoms with van der Waals surface area (Å²) in [6.07, 6.45) is -0.836. The Morgan fingerprint density at radius 1 is 1.24 bits per heavy atom. The number of esters is 1. The molecule has 0 spiro atoms. The van der Waals surface area contributed by atoms with Crippen LogP contribution in [0.4, 0.5) is 0 Å². The number of rotatable bonds is 5. The van der Waals surface area contributed by atoms with Crippen LogP contribution in [0.1, 0.15) is 43.6 Å². The van der Waals surface area contributed by atoms with Gasteiger partial charge in [-0.15, -0.1) is 0 Å². The molecule has 5 heteroatoms. The molecule has 4 nitrogen and oxygen atoms in total. The average molecular weight is 310 g/mol. The molecular weight excluding hydrogens is 288 g/mol. The lowest BCUT2D eigenvalue weighted by Gasteiger charge is -2.19. The van der Waals surface area contributed by atoms with Gasteiger partial charge in [0.1, 0.15) is 6.61 Å². The highest BCUT2D eigenvalue weighted by Crippen LogP contribution is 2.22. The van der Waals surface area contributed by atoms with E-state index in [4.69, 9.17) is 4.74 Å². The Kier molecular flexibility index (Phi) is 6.42. The maximum Gasteiger partial charge on any atom is 0.338 e. The van der Waals surface area contributed by atoms with E-state index in [0.717, 1.165) is 17.3 Å². The van der Waals surface area contributed by atoms with E-state index in [9.17, 15) is 14.7 Å². The Morgan fingerprint density at radius 3 is 2.29 bits per heavy atom. The van der Waals surface area contributed by atoms with Crippen LogP contribution in [0.2, 0.25) is 0 Å².